The van der Waals surface area contributed by atoms with E-state index >= 15 is 0 Å². The molecule has 4 heteroatoms. The molecule has 3 N–H and O–H groups in total. The van der Waals surface area contributed by atoms with E-state index in [1.165, 1.54) is 5.56 Å². The smallest absolute Gasteiger partial charge is 0.335 e. The number of nitrogens with zero attached hydrogens (tertiary/aromatic N) is 1. The second-order valence-electron chi connectivity index (χ2n) is 7.53. The zero-order valence-electron chi connectivity index (χ0n) is 16.6. The summed E-state index contributed by atoms with van der Waals surface area (Å²) in [4.78, 5) is 16.3. The van der Waals surface area contributed by atoms with Crippen LogP contribution in [-0.2, 0) is 13.0 Å². The molecular formula is C24H26N2O2. The van der Waals surface area contributed by atoms with E-state index in [4.69, 9.17) is 10.7 Å². The summed E-state index contributed by atoms with van der Waals surface area (Å²) in [6.07, 6.45) is 0.817. The van der Waals surface area contributed by atoms with Gasteiger partial charge in [0.1, 0.15) is 0 Å². The van der Waals surface area contributed by atoms with Crippen molar-refractivity contribution in [1.82, 2.24) is 4.98 Å². The van der Waals surface area contributed by atoms with Gasteiger partial charge in [-0.15, -0.1) is 0 Å². The topological polar surface area (TPSA) is 76.2 Å². The molecule has 0 saturated carbocycles. The zero-order valence-corrected chi connectivity index (χ0v) is 16.6. The van der Waals surface area contributed by atoms with Gasteiger partial charge >= 0.3 is 5.97 Å². The summed E-state index contributed by atoms with van der Waals surface area (Å²) in [5, 5.41) is 9.33. The Morgan fingerprint density at radius 1 is 1.07 bits per heavy atom. The van der Waals surface area contributed by atoms with Gasteiger partial charge < -0.3 is 10.8 Å². The first kappa shape index (κ1) is 19.8. The van der Waals surface area contributed by atoms with Crippen LogP contribution >= 0.6 is 0 Å². The summed E-state index contributed by atoms with van der Waals surface area (Å²) in [6.45, 7) is 6.79. The normalized spacial score (nSPS) is 11.0. The van der Waals surface area contributed by atoms with E-state index in [1.807, 2.05) is 12.1 Å². The lowest BCUT2D eigenvalue weighted by molar-refractivity contribution is 0.0697. The molecule has 0 bridgehead atoms. The van der Waals surface area contributed by atoms with Crippen molar-refractivity contribution in [3.8, 4) is 22.4 Å². The third kappa shape index (κ3) is 4.29. The minimum atomic E-state index is -0.943. The number of hydrogen-bond donors (Lipinski definition) is 2. The number of aromatic nitrogens is 1. The molecule has 28 heavy (non-hydrogen) atoms. The number of carboxylic acids is 1. The molecule has 144 valence electrons. The average Bonchev–Trinajstić information content (AvgIpc) is 2.67. The van der Waals surface area contributed by atoms with Crippen molar-refractivity contribution < 1.29 is 9.90 Å². The van der Waals surface area contributed by atoms with Crippen molar-refractivity contribution in [3.05, 3.63) is 77.0 Å². The van der Waals surface area contributed by atoms with Crippen LogP contribution in [0.15, 0.2) is 54.6 Å². The van der Waals surface area contributed by atoms with Crippen molar-refractivity contribution in [2.75, 3.05) is 0 Å². The van der Waals surface area contributed by atoms with Crippen LogP contribution in [0.2, 0.25) is 0 Å². The highest BCUT2D eigenvalue weighted by atomic mass is 16.4. The Balaban J connectivity index is 2.23. The summed E-state index contributed by atoms with van der Waals surface area (Å²) in [6, 6.07) is 17.3. The van der Waals surface area contributed by atoms with Gasteiger partial charge in [-0.05, 0) is 54.2 Å². The van der Waals surface area contributed by atoms with Gasteiger partial charge in [0.15, 0.2) is 0 Å². The third-order valence-electron chi connectivity index (χ3n) is 4.78. The SMILES string of the molecule is Cc1ccc(-c2cc(-c3cccc(C(=O)O)c3)nc(CC(C)C)c2CN)cc1. The quantitative estimate of drug-likeness (QED) is 0.631. The van der Waals surface area contributed by atoms with E-state index < -0.39 is 5.97 Å². The van der Waals surface area contributed by atoms with Gasteiger partial charge in [0.2, 0.25) is 0 Å². The van der Waals surface area contributed by atoms with Crippen molar-refractivity contribution in [1.29, 1.82) is 0 Å². The first-order valence-corrected chi connectivity index (χ1v) is 9.52. The molecule has 3 aromatic rings. The third-order valence-corrected chi connectivity index (χ3v) is 4.78. The number of benzene rings is 2. The maximum Gasteiger partial charge on any atom is 0.335 e. The molecule has 0 saturated heterocycles. The highest BCUT2D eigenvalue weighted by molar-refractivity contribution is 5.89. The summed E-state index contributed by atoms with van der Waals surface area (Å²) in [5.41, 5.74) is 13.3. The Labute approximate surface area is 166 Å². The van der Waals surface area contributed by atoms with Gasteiger partial charge in [-0.2, -0.15) is 0 Å². The molecule has 0 spiro atoms. The predicted molar refractivity (Wildman–Crippen MR) is 113 cm³/mol. The van der Waals surface area contributed by atoms with Gasteiger partial charge in [-0.25, -0.2) is 4.79 Å². The number of aromatic carboxylic acids is 1. The molecule has 2 aromatic carbocycles. The first-order chi connectivity index (χ1) is 13.4. The number of carbonyl (C=O) groups is 1. The lowest BCUT2D eigenvalue weighted by Crippen LogP contribution is -2.10. The van der Waals surface area contributed by atoms with Crippen molar-refractivity contribution in [2.24, 2.45) is 11.7 Å². The van der Waals surface area contributed by atoms with Gasteiger partial charge in [0, 0.05) is 17.8 Å². The van der Waals surface area contributed by atoms with Crippen molar-refractivity contribution in [3.63, 3.8) is 0 Å². The van der Waals surface area contributed by atoms with Crippen molar-refractivity contribution >= 4 is 5.97 Å². The zero-order chi connectivity index (χ0) is 20.3. The highest BCUT2D eigenvalue weighted by Crippen LogP contribution is 2.32. The second-order valence-corrected chi connectivity index (χ2v) is 7.53. The molecule has 0 atom stereocenters. The van der Waals surface area contributed by atoms with Crippen LogP contribution in [0.4, 0.5) is 0 Å². The molecule has 0 radical (unpaired) electrons. The summed E-state index contributed by atoms with van der Waals surface area (Å²) in [7, 11) is 0. The second kappa shape index (κ2) is 8.36. The predicted octanol–water partition coefficient (Wildman–Crippen LogP) is 5.08. The van der Waals surface area contributed by atoms with E-state index in [0.717, 1.165) is 40.1 Å². The standard InChI is InChI=1S/C24H26N2O2/c1-15(2)11-23-21(14-25)20(17-9-7-16(3)8-10-17)13-22(26-23)18-5-4-6-19(12-18)24(27)28/h4-10,12-13,15H,11,14,25H2,1-3H3,(H,27,28). The minimum Gasteiger partial charge on any atom is -0.478 e. The van der Waals surface area contributed by atoms with E-state index in [2.05, 4.69) is 45.0 Å². The summed E-state index contributed by atoms with van der Waals surface area (Å²) >= 11 is 0. The molecule has 4 nitrogen and oxygen atoms in total. The molecule has 0 amide bonds. The number of aryl methyl sites for hydroxylation is 1. The van der Waals surface area contributed by atoms with Crippen LogP contribution in [0, 0.1) is 12.8 Å². The lowest BCUT2D eigenvalue weighted by atomic mass is 9.92. The number of hydrogen-bond acceptors (Lipinski definition) is 3. The van der Waals surface area contributed by atoms with Crippen LogP contribution in [0.3, 0.4) is 0 Å². The number of pyridine rings is 1. The Hall–Kier alpha value is -2.98. The Kier molecular flexibility index (Phi) is 5.90. The van der Waals surface area contributed by atoms with Crippen LogP contribution in [-0.4, -0.2) is 16.1 Å². The van der Waals surface area contributed by atoms with Crippen LogP contribution < -0.4 is 5.73 Å². The first-order valence-electron chi connectivity index (χ1n) is 9.52. The Morgan fingerprint density at radius 2 is 1.79 bits per heavy atom. The van der Waals surface area contributed by atoms with Gasteiger partial charge in [0.25, 0.3) is 0 Å². The van der Waals surface area contributed by atoms with Gasteiger partial charge in [-0.1, -0.05) is 55.8 Å². The lowest BCUT2D eigenvalue weighted by Gasteiger charge is -2.17. The number of carboxylic acid groups (broad SMARTS) is 1. The minimum absolute atomic E-state index is 0.254. The number of rotatable bonds is 6. The van der Waals surface area contributed by atoms with E-state index in [-0.39, 0.29) is 5.56 Å². The van der Waals surface area contributed by atoms with Crippen LogP contribution in [0.25, 0.3) is 22.4 Å². The fourth-order valence-corrected chi connectivity index (χ4v) is 3.36. The summed E-state index contributed by atoms with van der Waals surface area (Å²) in [5.74, 6) is -0.508. The van der Waals surface area contributed by atoms with E-state index in [0.29, 0.717) is 12.5 Å². The van der Waals surface area contributed by atoms with E-state index in [9.17, 15) is 9.90 Å². The molecule has 0 aliphatic rings. The maximum atomic E-state index is 11.4. The van der Waals surface area contributed by atoms with Crippen molar-refractivity contribution in [2.45, 2.75) is 33.7 Å². The highest BCUT2D eigenvalue weighted by Gasteiger charge is 2.16. The van der Waals surface area contributed by atoms with Gasteiger partial charge in [-0.3, -0.25) is 4.98 Å². The Bertz CT molecular complexity index is 992. The number of nitrogens with two attached hydrogens (primary N) is 1. The van der Waals surface area contributed by atoms with Crippen LogP contribution in [0.1, 0.15) is 41.0 Å². The summed E-state index contributed by atoms with van der Waals surface area (Å²) < 4.78 is 0. The molecular weight excluding hydrogens is 348 g/mol. The molecule has 0 fully saturated rings. The molecule has 0 aliphatic carbocycles. The van der Waals surface area contributed by atoms with Crippen LogP contribution in [0.5, 0.6) is 0 Å². The fraction of sp³-hybridized carbons (Fsp3) is 0.250. The monoisotopic (exact) mass is 374 g/mol. The van der Waals surface area contributed by atoms with Gasteiger partial charge in [0.05, 0.1) is 11.3 Å². The molecule has 0 aliphatic heterocycles. The Morgan fingerprint density at radius 3 is 2.39 bits per heavy atom. The largest absolute Gasteiger partial charge is 0.478 e. The molecule has 1 heterocycles. The molecule has 0 unspecified atom stereocenters. The molecule has 1 aromatic heterocycles. The fourth-order valence-electron chi connectivity index (χ4n) is 3.36. The average molecular weight is 374 g/mol. The molecule has 3 rings (SSSR count). The van der Waals surface area contributed by atoms with E-state index in [1.54, 1.807) is 18.2 Å². The maximum absolute atomic E-state index is 11.4.